The Morgan fingerprint density at radius 3 is 2.65 bits per heavy atom. The normalized spacial score (nSPS) is 24.6. The van der Waals surface area contributed by atoms with E-state index >= 15 is 0 Å². The van der Waals surface area contributed by atoms with Crippen LogP contribution in [0.3, 0.4) is 0 Å². The van der Waals surface area contributed by atoms with E-state index in [0.29, 0.717) is 5.91 Å². The van der Waals surface area contributed by atoms with Crippen LogP contribution in [0.1, 0.15) is 45.4 Å². The maximum Gasteiger partial charge on any atom is 0.239 e. The van der Waals surface area contributed by atoms with Gasteiger partial charge in [0, 0.05) is 19.6 Å². The summed E-state index contributed by atoms with van der Waals surface area (Å²) < 4.78 is 0. The summed E-state index contributed by atoms with van der Waals surface area (Å²) in [5.41, 5.74) is 0. The Labute approximate surface area is 123 Å². The van der Waals surface area contributed by atoms with E-state index in [1.165, 1.54) is 38.8 Å². The molecule has 1 unspecified atom stereocenters. The van der Waals surface area contributed by atoms with E-state index in [0.717, 1.165) is 38.4 Å². The van der Waals surface area contributed by atoms with Gasteiger partial charge in [-0.25, -0.2) is 0 Å². The third-order valence-corrected chi connectivity index (χ3v) is 4.75. The van der Waals surface area contributed by atoms with Gasteiger partial charge in [-0.1, -0.05) is 13.3 Å². The van der Waals surface area contributed by atoms with Crippen molar-refractivity contribution >= 4 is 5.91 Å². The van der Waals surface area contributed by atoms with Gasteiger partial charge in [-0.3, -0.25) is 4.79 Å². The average Bonchev–Trinajstić information content (AvgIpc) is 2.99. The fourth-order valence-electron chi connectivity index (χ4n) is 3.41. The number of hydrogen-bond donors (Lipinski definition) is 1. The van der Waals surface area contributed by atoms with Gasteiger partial charge in [-0.2, -0.15) is 0 Å². The summed E-state index contributed by atoms with van der Waals surface area (Å²) in [7, 11) is 2.23. The second kappa shape index (κ2) is 7.99. The van der Waals surface area contributed by atoms with Crippen molar-refractivity contribution in [3.05, 3.63) is 0 Å². The quantitative estimate of drug-likeness (QED) is 0.805. The van der Waals surface area contributed by atoms with Crippen molar-refractivity contribution in [2.24, 2.45) is 5.92 Å². The van der Waals surface area contributed by atoms with Crippen LogP contribution in [-0.4, -0.2) is 61.5 Å². The zero-order valence-corrected chi connectivity index (χ0v) is 13.2. The van der Waals surface area contributed by atoms with Crippen LogP contribution in [-0.2, 0) is 4.79 Å². The van der Waals surface area contributed by atoms with E-state index in [-0.39, 0.29) is 6.04 Å². The van der Waals surface area contributed by atoms with Crippen LogP contribution < -0.4 is 5.32 Å². The Morgan fingerprint density at radius 1 is 1.30 bits per heavy atom. The van der Waals surface area contributed by atoms with Crippen molar-refractivity contribution in [2.45, 2.75) is 51.5 Å². The lowest BCUT2D eigenvalue weighted by Crippen LogP contribution is -2.47. The summed E-state index contributed by atoms with van der Waals surface area (Å²) in [5, 5.41) is 3.32. The Balaban J connectivity index is 1.68. The Bertz CT molecular complexity index is 294. The predicted octanol–water partition coefficient (Wildman–Crippen LogP) is 1.71. The average molecular weight is 281 g/mol. The molecule has 0 aliphatic carbocycles. The standard InChI is InChI=1S/C16H31N3O/c1-3-4-10-18(2)13-14-7-11-19(12-8-14)16(20)15-6-5-9-17-15/h14-15,17H,3-13H2,1-2H3. The molecule has 0 aromatic heterocycles. The van der Waals surface area contributed by atoms with Gasteiger partial charge in [0.15, 0.2) is 0 Å². The highest BCUT2D eigenvalue weighted by Gasteiger charge is 2.29. The number of piperidine rings is 1. The van der Waals surface area contributed by atoms with Gasteiger partial charge in [-0.05, 0) is 58.2 Å². The van der Waals surface area contributed by atoms with Crippen LogP contribution in [0.4, 0.5) is 0 Å². The minimum atomic E-state index is 0.110. The number of hydrogen-bond acceptors (Lipinski definition) is 3. The first-order chi connectivity index (χ1) is 9.70. The van der Waals surface area contributed by atoms with Crippen LogP contribution in [0.25, 0.3) is 0 Å². The molecule has 0 aromatic rings. The highest BCUT2D eigenvalue weighted by Crippen LogP contribution is 2.20. The Morgan fingerprint density at radius 2 is 2.05 bits per heavy atom. The van der Waals surface area contributed by atoms with E-state index in [1.807, 2.05) is 0 Å². The van der Waals surface area contributed by atoms with Crippen molar-refractivity contribution in [1.29, 1.82) is 0 Å². The molecule has 0 spiro atoms. The van der Waals surface area contributed by atoms with E-state index < -0.39 is 0 Å². The molecular formula is C16H31N3O. The van der Waals surface area contributed by atoms with Gasteiger partial charge in [0.25, 0.3) is 0 Å². The largest absolute Gasteiger partial charge is 0.341 e. The van der Waals surface area contributed by atoms with Crippen molar-refractivity contribution in [2.75, 3.05) is 39.8 Å². The van der Waals surface area contributed by atoms with Gasteiger partial charge in [-0.15, -0.1) is 0 Å². The first-order valence-corrected chi connectivity index (χ1v) is 8.41. The van der Waals surface area contributed by atoms with Gasteiger partial charge in [0.05, 0.1) is 6.04 Å². The van der Waals surface area contributed by atoms with Crippen LogP contribution in [0.2, 0.25) is 0 Å². The fraction of sp³-hybridized carbons (Fsp3) is 0.938. The molecular weight excluding hydrogens is 250 g/mol. The number of nitrogens with one attached hydrogen (secondary N) is 1. The van der Waals surface area contributed by atoms with Crippen molar-refractivity contribution in [1.82, 2.24) is 15.1 Å². The minimum Gasteiger partial charge on any atom is -0.341 e. The van der Waals surface area contributed by atoms with E-state index in [9.17, 15) is 4.79 Å². The van der Waals surface area contributed by atoms with Gasteiger partial charge >= 0.3 is 0 Å². The lowest BCUT2D eigenvalue weighted by molar-refractivity contribution is -0.134. The second-order valence-electron chi connectivity index (χ2n) is 6.53. The summed E-state index contributed by atoms with van der Waals surface area (Å²) in [6.45, 7) is 7.59. The SMILES string of the molecule is CCCCN(C)CC1CCN(C(=O)C2CCCN2)CC1. The maximum atomic E-state index is 12.3. The molecule has 2 saturated heterocycles. The van der Waals surface area contributed by atoms with Crippen LogP contribution in [0, 0.1) is 5.92 Å². The predicted molar refractivity (Wildman–Crippen MR) is 82.7 cm³/mol. The molecule has 1 N–H and O–H groups in total. The zero-order valence-electron chi connectivity index (χ0n) is 13.2. The Hall–Kier alpha value is -0.610. The van der Waals surface area contributed by atoms with Gasteiger partial charge < -0.3 is 15.1 Å². The molecule has 0 radical (unpaired) electrons. The number of amides is 1. The van der Waals surface area contributed by atoms with E-state index in [4.69, 9.17) is 0 Å². The maximum absolute atomic E-state index is 12.3. The molecule has 0 aromatic carbocycles. The molecule has 0 bridgehead atoms. The van der Waals surface area contributed by atoms with Crippen LogP contribution in [0.15, 0.2) is 0 Å². The minimum absolute atomic E-state index is 0.110. The smallest absolute Gasteiger partial charge is 0.239 e. The van der Waals surface area contributed by atoms with Crippen LogP contribution >= 0.6 is 0 Å². The molecule has 2 aliphatic heterocycles. The van der Waals surface area contributed by atoms with Crippen molar-refractivity contribution in [3.63, 3.8) is 0 Å². The first-order valence-electron chi connectivity index (χ1n) is 8.41. The number of carbonyl (C=O) groups excluding carboxylic acids is 1. The number of carbonyl (C=O) groups is 1. The topological polar surface area (TPSA) is 35.6 Å². The molecule has 0 saturated carbocycles. The zero-order chi connectivity index (χ0) is 14.4. The van der Waals surface area contributed by atoms with Crippen LogP contribution in [0.5, 0.6) is 0 Å². The molecule has 116 valence electrons. The highest BCUT2D eigenvalue weighted by molar-refractivity contribution is 5.82. The van der Waals surface area contributed by atoms with Crippen molar-refractivity contribution < 1.29 is 4.79 Å². The van der Waals surface area contributed by atoms with E-state index in [2.05, 4.69) is 29.1 Å². The van der Waals surface area contributed by atoms with Gasteiger partial charge in [0.2, 0.25) is 5.91 Å². The monoisotopic (exact) mass is 281 g/mol. The molecule has 2 rings (SSSR count). The number of likely N-dealkylation sites (tertiary alicyclic amines) is 1. The van der Waals surface area contributed by atoms with Crippen molar-refractivity contribution in [3.8, 4) is 0 Å². The summed E-state index contributed by atoms with van der Waals surface area (Å²) in [5.74, 6) is 1.12. The molecule has 1 atom stereocenters. The second-order valence-corrected chi connectivity index (χ2v) is 6.53. The summed E-state index contributed by atoms with van der Waals surface area (Å²) in [4.78, 5) is 16.9. The molecule has 4 heteroatoms. The Kier molecular flexibility index (Phi) is 6.30. The molecule has 20 heavy (non-hydrogen) atoms. The molecule has 2 fully saturated rings. The summed E-state index contributed by atoms with van der Waals surface area (Å²) in [6, 6.07) is 0.110. The lowest BCUT2D eigenvalue weighted by Gasteiger charge is -2.35. The highest BCUT2D eigenvalue weighted by atomic mass is 16.2. The molecule has 2 heterocycles. The molecule has 2 aliphatic rings. The number of nitrogens with zero attached hydrogens (tertiary/aromatic N) is 2. The molecule has 1 amide bonds. The first kappa shape index (κ1) is 15.8. The fourth-order valence-corrected chi connectivity index (χ4v) is 3.41. The molecule has 4 nitrogen and oxygen atoms in total. The van der Waals surface area contributed by atoms with Gasteiger partial charge in [0.1, 0.15) is 0 Å². The summed E-state index contributed by atoms with van der Waals surface area (Å²) in [6.07, 6.45) is 7.09. The number of rotatable bonds is 6. The third kappa shape index (κ3) is 4.45. The summed E-state index contributed by atoms with van der Waals surface area (Å²) >= 11 is 0. The van der Waals surface area contributed by atoms with E-state index in [1.54, 1.807) is 0 Å². The number of unbranched alkanes of at least 4 members (excludes halogenated alkanes) is 1. The lowest BCUT2D eigenvalue weighted by atomic mass is 9.95. The third-order valence-electron chi connectivity index (χ3n) is 4.75.